The average molecular weight is 218 g/mol. The highest BCUT2D eigenvalue weighted by molar-refractivity contribution is 5.48. The molecule has 1 fully saturated rings. The van der Waals surface area contributed by atoms with E-state index in [1.807, 2.05) is 0 Å². The molecule has 0 spiro atoms. The molecule has 2 heteroatoms. The van der Waals surface area contributed by atoms with Gasteiger partial charge in [0, 0.05) is 31.4 Å². The summed E-state index contributed by atoms with van der Waals surface area (Å²) in [6.45, 7) is 7.83. The van der Waals surface area contributed by atoms with Crippen molar-refractivity contribution in [3.63, 3.8) is 0 Å². The first kappa shape index (κ1) is 11.5. The zero-order valence-corrected chi connectivity index (χ0v) is 10.4. The number of benzene rings is 1. The molecule has 1 heterocycles. The van der Waals surface area contributed by atoms with Crippen molar-refractivity contribution in [2.75, 3.05) is 24.5 Å². The molecule has 1 aromatic carbocycles. The smallest absolute Gasteiger partial charge is 0.0369 e. The third-order valence-electron chi connectivity index (χ3n) is 3.42. The van der Waals surface area contributed by atoms with E-state index in [2.05, 4.69) is 48.3 Å². The molecule has 1 aliphatic heterocycles. The Balaban J connectivity index is 2.04. The molecule has 0 radical (unpaired) electrons. The molecule has 1 saturated heterocycles. The van der Waals surface area contributed by atoms with E-state index in [1.54, 1.807) is 0 Å². The Morgan fingerprint density at radius 1 is 1.38 bits per heavy atom. The Morgan fingerprint density at radius 3 is 3.00 bits per heavy atom. The summed E-state index contributed by atoms with van der Waals surface area (Å²) in [5.74, 6) is 0. The molecule has 88 valence electrons. The van der Waals surface area contributed by atoms with Crippen molar-refractivity contribution < 1.29 is 0 Å². The molecule has 2 rings (SSSR count). The highest BCUT2D eigenvalue weighted by Gasteiger charge is 2.14. The van der Waals surface area contributed by atoms with E-state index in [1.165, 1.54) is 30.6 Å². The van der Waals surface area contributed by atoms with E-state index in [-0.39, 0.29) is 0 Å². The predicted molar refractivity (Wildman–Crippen MR) is 70.1 cm³/mol. The lowest BCUT2D eigenvalue weighted by molar-refractivity contribution is 0.510. The maximum Gasteiger partial charge on any atom is 0.0369 e. The summed E-state index contributed by atoms with van der Waals surface area (Å²) >= 11 is 0. The third-order valence-corrected chi connectivity index (χ3v) is 3.42. The quantitative estimate of drug-likeness (QED) is 0.820. The molecule has 0 aromatic heterocycles. The maximum absolute atomic E-state index is 3.60. The van der Waals surface area contributed by atoms with Crippen LogP contribution >= 0.6 is 0 Å². The second-order valence-corrected chi connectivity index (χ2v) is 4.67. The average Bonchev–Trinajstić information content (AvgIpc) is 2.54. The number of anilines is 1. The normalized spacial score (nSPS) is 21.9. The first-order valence-corrected chi connectivity index (χ1v) is 6.34. The molecule has 1 atom stereocenters. The zero-order chi connectivity index (χ0) is 11.4. The van der Waals surface area contributed by atoms with Gasteiger partial charge in [0.2, 0.25) is 0 Å². The van der Waals surface area contributed by atoms with Crippen LogP contribution in [0.5, 0.6) is 0 Å². The Bertz CT molecular complexity index is 335. The Labute approximate surface area is 98.7 Å². The molecule has 1 N–H and O–H groups in total. The summed E-state index contributed by atoms with van der Waals surface area (Å²) in [5, 5.41) is 3.60. The van der Waals surface area contributed by atoms with Crippen molar-refractivity contribution in [1.29, 1.82) is 0 Å². The SMILES string of the molecule is CCC1CCN(c2cccc(C)c2)CCN1. The maximum atomic E-state index is 3.60. The van der Waals surface area contributed by atoms with Gasteiger partial charge in [0.1, 0.15) is 0 Å². The van der Waals surface area contributed by atoms with Crippen molar-refractivity contribution in [2.45, 2.75) is 32.7 Å². The molecule has 0 saturated carbocycles. The molecule has 0 amide bonds. The highest BCUT2D eigenvalue weighted by atomic mass is 15.2. The number of nitrogens with zero attached hydrogens (tertiary/aromatic N) is 1. The number of hydrogen-bond donors (Lipinski definition) is 1. The monoisotopic (exact) mass is 218 g/mol. The summed E-state index contributed by atoms with van der Waals surface area (Å²) in [7, 11) is 0. The Kier molecular flexibility index (Phi) is 3.83. The van der Waals surface area contributed by atoms with Crippen molar-refractivity contribution in [2.24, 2.45) is 0 Å². The third kappa shape index (κ3) is 2.76. The van der Waals surface area contributed by atoms with Gasteiger partial charge in [-0.2, -0.15) is 0 Å². The minimum atomic E-state index is 0.704. The first-order valence-electron chi connectivity index (χ1n) is 6.34. The molecule has 16 heavy (non-hydrogen) atoms. The van der Waals surface area contributed by atoms with Crippen LogP contribution in [0, 0.1) is 6.92 Å². The van der Waals surface area contributed by atoms with Gasteiger partial charge in [-0.1, -0.05) is 19.1 Å². The minimum absolute atomic E-state index is 0.704. The molecule has 1 unspecified atom stereocenters. The van der Waals surface area contributed by atoms with Crippen LogP contribution in [0.3, 0.4) is 0 Å². The van der Waals surface area contributed by atoms with Gasteiger partial charge >= 0.3 is 0 Å². The lowest BCUT2D eigenvalue weighted by atomic mass is 10.1. The van der Waals surface area contributed by atoms with Crippen molar-refractivity contribution in [3.8, 4) is 0 Å². The molecule has 2 nitrogen and oxygen atoms in total. The van der Waals surface area contributed by atoms with Gasteiger partial charge in [0.25, 0.3) is 0 Å². The van der Waals surface area contributed by atoms with E-state index < -0.39 is 0 Å². The molecular weight excluding hydrogens is 196 g/mol. The fourth-order valence-electron chi connectivity index (χ4n) is 2.36. The van der Waals surface area contributed by atoms with E-state index >= 15 is 0 Å². The zero-order valence-electron chi connectivity index (χ0n) is 10.4. The van der Waals surface area contributed by atoms with Crippen LogP contribution in [0.4, 0.5) is 5.69 Å². The molecule has 1 aliphatic rings. The predicted octanol–water partition coefficient (Wildman–Crippen LogP) is 2.57. The van der Waals surface area contributed by atoms with Gasteiger partial charge in [-0.25, -0.2) is 0 Å². The Morgan fingerprint density at radius 2 is 2.25 bits per heavy atom. The lowest BCUT2D eigenvalue weighted by Crippen LogP contribution is -2.29. The standard InChI is InChI=1S/C14H22N2/c1-3-13-7-9-16(10-8-15-13)14-6-4-5-12(2)11-14/h4-6,11,13,15H,3,7-10H2,1-2H3. The van der Waals surface area contributed by atoms with Crippen LogP contribution in [0.2, 0.25) is 0 Å². The second-order valence-electron chi connectivity index (χ2n) is 4.67. The van der Waals surface area contributed by atoms with Crippen LogP contribution in [0.25, 0.3) is 0 Å². The van der Waals surface area contributed by atoms with Gasteiger partial charge in [-0.15, -0.1) is 0 Å². The molecule has 1 aromatic rings. The van der Waals surface area contributed by atoms with E-state index in [9.17, 15) is 0 Å². The van der Waals surface area contributed by atoms with Gasteiger partial charge in [0.15, 0.2) is 0 Å². The van der Waals surface area contributed by atoms with Crippen molar-refractivity contribution in [1.82, 2.24) is 5.32 Å². The fraction of sp³-hybridized carbons (Fsp3) is 0.571. The van der Waals surface area contributed by atoms with Crippen LogP contribution in [0.1, 0.15) is 25.3 Å². The molecule has 0 aliphatic carbocycles. The number of nitrogens with one attached hydrogen (secondary N) is 1. The van der Waals surface area contributed by atoms with Crippen LogP contribution in [-0.2, 0) is 0 Å². The highest BCUT2D eigenvalue weighted by Crippen LogP contribution is 2.17. The summed E-state index contributed by atoms with van der Waals surface area (Å²) in [5.41, 5.74) is 2.72. The number of rotatable bonds is 2. The van der Waals surface area contributed by atoms with Crippen LogP contribution in [-0.4, -0.2) is 25.7 Å². The molecule has 0 bridgehead atoms. The van der Waals surface area contributed by atoms with Gasteiger partial charge in [-0.3, -0.25) is 0 Å². The van der Waals surface area contributed by atoms with E-state index in [0.717, 1.165) is 13.1 Å². The fourth-order valence-corrected chi connectivity index (χ4v) is 2.36. The van der Waals surface area contributed by atoms with E-state index in [0.29, 0.717) is 6.04 Å². The van der Waals surface area contributed by atoms with Gasteiger partial charge < -0.3 is 10.2 Å². The first-order chi connectivity index (χ1) is 7.79. The topological polar surface area (TPSA) is 15.3 Å². The van der Waals surface area contributed by atoms with Crippen molar-refractivity contribution in [3.05, 3.63) is 29.8 Å². The summed E-state index contributed by atoms with van der Waals surface area (Å²) in [6, 6.07) is 9.52. The summed E-state index contributed by atoms with van der Waals surface area (Å²) in [6.07, 6.45) is 2.49. The number of aryl methyl sites for hydroxylation is 1. The van der Waals surface area contributed by atoms with Crippen molar-refractivity contribution >= 4 is 5.69 Å². The summed E-state index contributed by atoms with van der Waals surface area (Å²) < 4.78 is 0. The van der Waals surface area contributed by atoms with Gasteiger partial charge in [0.05, 0.1) is 0 Å². The van der Waals surface area contributed by atoms with Gasteiger partial charge in [-0.05, 0) is 37.5 Å². The summed E-state index contributed by atoms with van der Waals surface area (Å²) in [4.78, 5) is 2.50. The van der Waals surface area contributed by atoms with E-state index in [4.69, 9.17) is 0 Å². The lowest BCUT2D eigenvalue weighted by Gasteiger charge is -2.22. The Hall–Kier alpha value is -1.02. The second kappa shape index (κ2) is 5.35. The van der Waals surface area contributed by atoms with Crippen LogP contribution < -0.4 is 10.2 Å². The minimum Gasteiger partial charge on any atom is -0.370 e. The largest absolute Gasteiger partial charge is 0.370 e. The number of hydrogen-bond acceptors (Lipinski definition) is 2. The molecular formula is C14H22N2. The van der Waals surface area contributed by atoms with Crippen LogP contribution in [0.15, 0.2) is 24.3 Å².